The van der Waals surface area contributed by atoms with Crippen LogP contribution in [0.25, 0.3) is 11.1 Å². The second kappa shape index (κ2) is 4.55. The lowest BCUT2D eigenvalue weighted by atomic mass is 10.3. The number of halogens is 1. The smallest absolute Gasteiger partial charge is 0.261 e. The first-order valence-corrected chi connectivity index (χ1v) is 6.50. The number of anilines is 1. The molecule has 18 heavy (non-hydrogen) atoms. The summed E-state index contributed by atoms with van der Waals surface area (Å²) in [6.07, 6.45) is 0. The zero-order chi connectivity index (χ0) is 12.5. The second-order valence-electron chi connectivity index (χ2n) is 3.74. The number of aromatic nitrogens is 1. The average Bonchev–Trinajstić information content (AvgIpc) is 2.75. The second-order valence-corrected chi connectivity index (χ2v) is 5.14. The summed E-state index contributed by atoms with van der Waals surface area (Å²) in [5, 5.41) is 1.17. The van der Waals surface area contributed by atoms with Crippen LogP contribution in [0.5, 0.6) is 0 Å². The summed E-state index contributed by atoms with van der Waals surface area (Å²) in [5.74, 6) is 0. The van der Waals surface area contributed by atoms with Gasteiger partial charge in [0.2, 0.25) is 0 Å². The molecule has 1 aromatic heterocycles. The zero-order valence-corrected chi connectivity index (χ0v) is 10.8. The lowest BCUT2D eigenvalue weighted by molar-refractivity contribution is 0.489. The monoisotopic (exact) mass is 276 g/mol. The molecular weight excluding hydrogens is 268 g/mol. The summed E-state index contributed by atoms with van der Waals surface area (Å²) in [7, 11) is 0. The number of para-hydroxylation sites is 2. The zero-order valence-electron chi connectivity index (χ0n) is 9.26. The standard InChI is InChI=1S/C13H9ClN2OS/c14-9-7-8(15)5-6-12(9)18-13-16-10-3-1-2-4-11(10)17-13/h1-7H,15H2. The van der Waals surface area contributed by atoms with Gasteiger partial charge in [-0.05, 0) is 42.1 Å². The molecule has 0 radical (unpaired) electrons. The summed E-state index contributed by atoms with van der Waals surface area (Å²) in [4.78, 5) is 5.25. The highest BCUT2D eigenvalue weighted by atomic mass is 35.5. The van der Waals surface area contributed by atoms with Crippen molar-refractivity contribution in [3.8, 4) is 0 Å². The Labute approximate surface area is 113 Å². The normalized spacial score (nSPS) is 10.9. The molecule has 0 saturated heterocycles. The molecule has 0 spiro atoms. The third-order valence-electron chi connectivity index (χ3n) is 2.43. The van der Waals surface area contributed by atoms with Crippen molar-refractivity contribution in [1.82, 2.24) is 4.98 Å². The van der Waals surface area contributed by atoms with Crippen molar-refractivity contribution in [2.45, 2.75) is 10.1 Å². The number of fused-ring (bicyclic) bond motifs is 1. The fourth-order valence-electron chi connectivity index (χ4n) is 1.59. The van der Waals surface area contributed by atoms with Crippen LogP contribution in [-0.2, 0) is 0 Å². The fraction of sp³-hybridized carbons (Fsp3) is 0. The molecule has 0 fully saturated rings. The summed E-state index contributed by atoms with van der Waals surface area (Å²) in [5.41, 5.74) is 7.90. The predicted molar refractivity (Wildman–Crippen MR) is 74.0 cm³/mol. The first-order chi connectivity index (χ1) is 8.72. The van der Waals surface area contributed by atoms with Gasteiger partial charge in [-0.15, -0.1) is 0 Å². The number of benzene rings is 2. The molecule has 0 bridgehead atoms. The average molecular weight is 277 g/mol. The molecule has 2 N–H and O–H groups in total. The van der Waals surface area contributed by atoms with Crippen LogP contribution in [-0.4, -0.2) is 4.98 Å². The van der Waals surface area contributed by atoms with E-state index in [1.54, 1.807) is 12.1 Å². The van der Waals surface area contributed by atoms with Gasteiger partial charge in [0.15, 0.2) is 5.58 Å². The fourth-order valence-corrected chi connectivity index (χ4v) is 2.65. The van der Waals surface area contributed by atoms with Crippen molar-refractivity contribution in [3.05, 3.63) is 47.5 Å². The lowest BCUT2D eigenvalue weighted by Crippen LogP contribution is -1.84. The van der Waals surface area contributed by atoms with E-state index in [0.29, 0.717) is 15.9 Å². The summed E-state index contributed by atoms with van der Waals surface area (Å²) < 4.78 is 5.62. The van der Waals surface area contributed by atoms with Crippen LogP contribution in [0.15, 0.2) is 57.0 Å². The van der Waals surface area contributed by atoms with Crippen LogP contribution in [0.2, 0.25) is 5.02 Å². The Hall–Kier alpha value is -1.65. The van der Waals surface area contributed by atoms with E-state index in [2.05, 4.69) is 4.98 Å². The maximum absolute atomic E-state index is 6.11. The molecule has 0 amide bonds. The van der Waals surface area contributed by atoms with E-state index in [0.717, 1.165) is 16.0 Å². The minimum atomic E-state index is 0.572. The molecule has 3 rings (SSSR count). The van der Waals surface area contributed by atoms with Crippen LogP contribution in [0, 0.1) is 0 Å². The topological polar surface area (TPSA) is 52.0 Å². The molecule has 1 heterocycles. The quantitative estimate of drug-likeness (QED) is 0.712. The molecule has 0 aliphatic carbocycles. The van der Waals surface area contributed by atoms with Crippen molar-refractivity contribution in [1.29, 1.82) is 0 Å². The SMILES string of the molecule is Nc1ccc(Sc2nc3ccccc3o2)c(Cl)c1. The highest BCUT2D eigenvalue weighted by Gasteiger charge is 2.09. The number of nitrogens with two attached hydrogens (primary N) is 1. The Morgan fingerprint density at radius 2 is 2.00 bits per heavy atom. The van der Waals surface area contributed by atoms with Crippen molar-refractivity contribution >= 4 is 40.1 Å². The van der Waals surface area contributed by atoms with E-state index in [9.17, 15) is 0 Å². The maximum Gasteiger partial charge on any atom is 0.261 e. The Bertz CT molecular complexity index is 678. The van der Waals surface area contributed by atoms with Gasteiger partial charge in [-0.25, -0.2) is 4.98 Å². The minimum absolute atomic E-state index is 0.572. The largest absolute Gasteiger partial charge is 0.431 e. The van der Waals surface area contributed by atoms with E-state index in [4.69, 9.17) is 21.8 Å². The van der Waals surface area contributed by atoms with Gasteiger partial charge in [0.1, 0.15) is 5.52 Å². The van der Waals surface area contributed by atoms with Crippen molar-refractivity contribution in [2.24, 2.45) is 0 Å². The summed E-state index contributed by atoms with van der Waals surface area (Å²) in [6.45, 7) is 0. The van der Waals surface area contributed by atoms with Gasteiger partial charge >= 0.3 is 0 Å². The third-order valence-corrected chi connectivity index (χ3v) is 3.78. The molecule has 90 valence electrons. The molecule has 0 aliphatic rings. The van der Waals surface area contributed by atoms with E-state index >= 15 is 0 Å². The Morgan fingerprint density at radius 1 is 1.17 bits per heavy atom. The molecule has 0 saturated carbocycles. The minimum Gasteiger partial charge on any atom is -0.431 e. The van der Waals surface area contributed by atoms with Gasteiger partial charge in [0, 0.05) is 10.6 Å². The predicted octanol–water partition coefficient (Wildman–Crippen LogP) is 4.21. The number of hydrogen-bond acceptors (Lipinski definition) is 4. The molecule has 5 heteroatoms. The molecular formula is C13H9ClN2OS. The van der Waals surface area contributed by atoms with E-state index in [-0.39, 0.29) is 0 Å². The molecule has 3 aromatic rings. The van der Waals surface area contributed by atoms with Crippen LogP contribution in [0.1, 0.15) is 0 Å². The summed E-state index contributed by atoms with van der Waals surface area (Å²) >= 11 is 7.49. The first-order valence-electron chi connectivity index (χ1n) is 5.31. The van der Waals surface area contributed by atoms with Gasteiger partial charge in [-0.2, -0.15) is 0 Å². The Morgan fingerprint density at radius 3 is 2.78 bits per heavy atom. The van der Waals surface area contributed by atoms with Gasteiger partial charge in [0.25, 0.3) is 5.22 Å². The van der Waals surface area contributed by atoms with Crippen LogP contribution in [0.3, 0.4) is 0 Å². The number of oxazole rings is 1. The molecule has 0 aliphatic heterocycles. The highest BCUT2D eigenvalue weighted by Crippen LogP contribution is 2.35. The Kier molecular flexibility index (Phi) is 2.89. The highest BCUT2D eigenvalue weighted by molar-refractivity contribution is 7.99. The van der Waals surface area contributed by atoms with Gasteiger partial charge in [-0.1, -0.05) is 23.7 Å². The van der Waals surface area contributed by atoms with Crippen LogP contribution >= 0.6 is 23.4 Å². The van der Waals surface area contributed by atoms with Crippen molar-refractivity contribution in [2.75, 3.05) is 5.73 Å². The number of rotatable bonds is 2. The van der Waals surface area contributed by atoms with E-state index in [1.165, 1.54) is 11.8 Å². The van der Waals surface area contributed by atoms with Gasteiger partial charge < -0.3 is 10.2 Å². The third kappa shape index (κ3) is 2.17. The Balaban J connectivity index is 1.96. The number of nitrogen functional groups attached to an aromatic ring is 1. The molecule has 3 nitrogen and oxygen atoms in total. The van der Waals surface area contributed by atoms with Crippen molar-refractivity contribution in [3.63, 3.8) is 0 Å². The molecule has 0 unspecified atom stereocenters. The van der Waals surface area contributed by atoms with E-state index in [1.807, 2.05) is 30.3 Å². The van der Waals surface area contributed by atoms with E-state index < -0.39 is 0 Å². The summed E-state index contributed by atoms with van der Waals surface area (Å²) in [6, 6.07) is 13.0. The maximum atomic E-state index is 6.11. The number of nitrogens with zero attached hydrogens (tertiary/aromatic N) is 1. The van der Waals surface area contributed by atoms with Crippen LogP contribution < -0.4 is 5.73 Å². The molecule has 0 atom stereocenters. The van der Waals surface area contributed by atoms with Gasteiger partial charge in [0.05, 0.1) is 5.02 Å². The first kappa shape index (κ1) is 11.4. The lowest BCUT2D eigenvalue weighted by Gasteiger charge is -2.01. The van der Waals surface area contributed by atoms with Crippen molar-refractivity contribution < 1.29 is 4.42 Å². The molecule has 2 aromatic carbocycles. The van der Waals surface area contributed by atoms with Crippen LogP contribution in [0.4, 0.5) is 5.69 Å². The number of hydrogen-bond donors (Lipinski definition) is 1. The van der Waals surface area contributed by atoms with Gasteiger partial charge in [-0.3, -0.25) is 0 Å².